The first-order valence-electron chi connectivity index (χ1n) is 5.80. The van der Waals surface area contributed by atoms with Crippen LogP contribution in [0.2, 0.25) is 0 Å². The molecule has 1 aromatic carbocycles. The van der Waals surface area contributed by atoms with Gasteiger partial charge in [-0.15, -0.1) is 12.4 Å². The van der Waals surface area contributed by atoms with E-state index in [1.165, 1.54) is 22.3 Å². The SMILES string of the molecule is CCC(C)[C@H](N)c1c(C)cc(C)cc1C.Cl. The molecule has 0 aliphatic carbocycles. The third-order valence-corrected chi connectivity index (χ3v) is 3.33. The quantitative estimate of drug-likeness (QED) is 0.848. The van der Waals surface area contributed by atoms with Gasteiger partial charge in [-0.25, -0.2) is 0 Å². The highest BCUT2D eigenvalue weighted by atomic mass is 35.5. The lowest BCUT2D eigenvalue weighted by atomic mass is 9.87. The van der Waals surface area contributed by atoms with Crippen molar-refractivity contribution >= 4 is 12.4 Å². The molecule has 0 aliphatic rings. The highest BCUT2D eigenvalue weighted by molar-refractivity contribution is 5.85. The van der Waals surface area contributed by atoms with E-state index in [4.69, 9.17) is 5.73 Å². The predicted molar refractivity (Wildman–Crippen MR) is 74.3 cm³/mol. The fraction of sp³-hybridized carbons (Fsp3) is 0.571. The normalized spacial score (nSPS) is 14.1. The van der Waals surface area contributed by atoms with Crippen molar-refractivity contribution in [3.8, 4) is 0 Å². The molecule has 0 bridgehead atoms. The van der Waals surface area contributed by atoms with Gasteiger partial charge in [0, 0.05) is 6.04 Å². The Morgan fingerprint density at radius 2 is 1.56 bits per heavy atom. The lowest BCUT2D eigenvalue weighted by Crippen LogP contribution is -2.20. The molecule has 0 amide bonds. The van der Waals surface area contributed by atoms with Gasteiger partial charge in [0.2, 0.25) is 0 Å². The molecule has 0 spiro atoms. The molecule has 0 saturated heterocycles. The molecule has 92 valence electrons. The van der Waals surface area contributed by atoms with Gasteiger partial charge < -0.3 is 5.73 Å². The van der Waals surface area contributed by atoms with Gasteiger partial charge >= 0.3 is 0 Å². The highest BCUT2D eigenvalue weighted by Crippen LogP contribution is 2.28. The van der Waals surface area contributed by atoms with Crippen molar-refractivity contribution in [2.24, 2.45) is 11.7 Å². The third kappa shape index (κ3) is 3.23. The van der Waals surface area contributed by atoms with Gasteiger partial charge in [-0.1, -0.05) is 38.0 Å². The van der Waals surface area contributed by atoms with E-state index in [0.717, 1.165) is 6.42 Å². The van der Waals surface area contributed by atoms with Crippen LogP contribution in [0.5, 0.6) is 0 Å². The summed E-state index contributed by atoms with van der Waals surface area (Å²) in [6.45, 7) is 10.9. The molecule has 0 aromatic heterocycles. The second-order valence-corrected chi connectivity index (χ2v) is 4.72. The summed E-state index contributed by atoms with van der Waals surface area (Å²) in [5.74, 6) is 0.546. The second-order valence-electron chi connectivity index (χ2n) is 4.72. The Kier molecular flexibility index (Phi) is 6.06. The molecular weight excluding hydrogens is 218 g/mol. The van der Waals surface area contributed by atoms with Crippen LogP contribution in [0.25, 0.3) is 0 Å². The van der Waals surface area contributed by atoms with Crippen LogP contribution in [0, 0.1) is 26.7 Å². The van der Waals surface area contributed by atoms with Crippen LogP contribution < -0.4 is 5.73 Å². The van der Waals surface area contributed by atoms with E-state index in [2.05, 4.69) is 46.8 Å². The zero-order valence-electron chi connectivity index (χ0n) is 11.0. The first-order valence-corrected chi connectivity index (χ1v) is 5.80. The van der Waals surface area contributed by atoms with Crippen LogP contribution in [0.3, 0.4) is 0 Å². The van der Waals surface area contributed by atoms with Crippen LogP contribution in [0.1, 0.15) is 48.6 Å². The molecule has 0 saturated carbocycles. The summed E-state index contributed by atoms with van der Waals surface area (Å²) in [4.78, 5) is 0. The van der Waals surface area contributed by atoms with Gasteiger partial charge in [0.1, 0.15) is 0 Å². The van der Waals surface area contributed by atoms with Crippen molar-refractivity contribution in [2.45, 2.75) is 47.1 Å². The maximum Gasteiger partial charge on any atom is 0.0326 e. The molecule has 1 aromatic rings. The zero-order valence-corrected chi connectivity index (χ0v) is 11.8. The summed E-state index contributed by atoms with van der Waals surface area (Å²) in [5, 5.41) is 0. The maximum atomic E-state index is 6.30. The minimum Gasteiger partial charge on any atom is -0.324 e. The molecule has 16 heavy (non-hydrogen) atoms. The van der Waals surface area contributed by atoms with E-state index in [0.29, 0.717) is 5.92 Å². The molecule has 1 rings (SSSR count). The number of hydrogen-bond donors (Lipinski definition) is 1. The average molecular weight is 242 g/mol. The molecule has 0 radical (unpaired) electrons. The number of benzene rings is 1. The molecule has 1 unspecified atom stereocenters. The van der Waals surface area contributed by atoms with Gasteiger partial charge in [-0.3, -0.25) is 0 Å². The Labute approximate surface area is 106 Å². The Morgan fingerprint density at radius 3 is 1.94 bits per heavy atom. The number of aryl methyl sites for hydroxylation is 3. The minimum absolute atomic E-state index is 0. The molecule has 2 heteroatoms. The molecule has 2 N–H and O–H groups in total. The maximum absolute atomic E-state index is 6.30. The summed E-state index contributed by atoms with van der Waals surface area (Å²) < 4.78 is 0. The van der Waals surface area contributed by atoms with Crippen LogP contribution in [-0.4, -0.2) is 0 Å². The third-order valence-electron chi connectivity index (χ3n) is 3.33. The molecule has 2 atom stereocenters. The summed E-state index contributed by atoms with van der Waals surface area (Å²) in [6, 6.07) is 4.63. The molecular formula is C14H24ClN. The monoisotopic (exact) mass is 241 g/mol. The van der Waals surface area contributed by atoms with Crippen molar-refractivity contribution < 1.29 is 0 Å². The first-order chi connectivity index (χ1) is 6.97. The lowest BCUT2D eigenvalue weighted by Gasteiger charge is -2.23. The van der Waals surface area contributed by atoms with Crippen molar-refractivity contribution in [1.29, 1.82) is 0 Å². The Bertz CT molecular complexity index is 324. The number of halogens is 1. The van der Waals surface area contributed by atoms with Crippen LogP contribution >= 0.6 is 12.4 Å². The molecule has 0 aliphatic heterocycles. The Morgan fingerprint density at radius 1 is 1.12 bits per heavy atom. The molecule has 1 nitrogen and oxygen atoms in total. The molecule has 0 heterocycles. The number of hydrogen-bond acceptors (Lipinski definition) is 1. The summed E-state index contributed by atoms with van der Waals surface area (Å²) in [5.41, 5.74) is 11.6. The summed E-state index contributed by atoms with van der Waals surface area (Å²) in [7, 11) is 0. The zero-order chi connectivity index (χ0) is 11.6. The first kappa shape index (κ1) is 15.5. The standard InChI is InChI=1S/C14H23N.ClH/c1-6-10(3)14(15)13-11(4)7-9(2)8-12(13)5;/h7-8,10,14H,6,15H2,1-5H3;1H/t10?,14-;/m0./s1. The largest absolute Gasteiger partial charge is 0.324 e. The second kappa shape index (κ2) is 6.27. The summed E-state index contributed by atoms with van der Waals surface area (Å²) >= 11 is 0. The van der Waals surface area contributed by atoms with Gasteiger partial charge in [-0.2, -0.15) is 0 Å². The minimum atomic E-state index is 0. The van der Waals surface area contributed by atoms with E-state index in [1.54, 1.807) is 0 Å². The van der Waals surface area contributed by atoms with E-state index >= 15 is 0 Å². The predicted octanol–water partition coefficient (Wildman–Crippen LogP) is 4.08. The van der Waals surface area contributed by atoms with E-state index in [1.807, 2.05) is 0 Å². The summed E-state index contributed by atoms with van der Waals surface area (Å²) in [6.07, 6.45) is 1.13. The van der Waals surface area contributed by atoms with Crippen LogP contribution in [-0.2, 0) is 0 Å². The molecule has 0 fully saturated rings. The smallest absolute Gasteiger partial charge is 0.0326 e. The van der Waals surface area contributed by atoms with E-state index in [-0.39, 0.29) is 18.4 Å². The van der Waals surface area contributed by atoms with Crippen LogP contribution in [0.4, 0.5) is 0 Å². The topological polar surface area (TPSA) is 26.0 Å². The Balaban J connectivity index is 0.00000225. The van der Waals surface area contributed by atoms with Gasteiger partial charge in [-0.05, 0) is 43.4 Å². The highest BCUT2D eigenvalue weighted by Gasteiger charge is 2.17. The number of rotatable bonds is 3. The van der Waals surface area contributed by atoms with Gasteiger partial charge in [0.15, 0.2) is 0 Å². The van der Waals surface area contributed by atoms with Crippen LogP contribution in [0.15, 0.2) is 12.1 Å². The fourth-order valence-electron chi connectivity index (χ4n) is 2.26. The van der Waals surface area contributed by atoms with Crippen molar-refractivity contribution in [1.82, 2.24) is 0 Å². The lowest BCUT2D eigenvalue weighted by molar-refractivity contribution is 0.454. The average Bonchev–Trinajstić information content (AvgIpc) is 2.14. The Hall–Kier alpha value is -0.530. The van der Waals surface area contributed by atoms with Crippen molar-refractivity contribution in [2.75, 3.05) is 0 Å². The number of nitrogens with two attached hydrogens (primary N) is 1. The van der Waals surface area contributed by atoms with Gasteiger partial charge in [0.25, 0.3) is 0 Å². The van der Waals surface area contributed by atoms with Crippen molar-refractivity contribution in [3.63, 3.8) is 0 Å². The van der Waals surface area contributed by atoms with Gasteiger partial charge in [0.05, 0.1) is 0 Å². The fourth-order valence-corrected chi connectivity index (χ4v) is 2.26. The van der Waals surface area contributed by atoms with E-state index in [9.17, 15) is 0 Å². The van der Waals surface area contributed by atoms with E-state index < -0.39 is 0 Å². The van der Waals surface area contributed by atoms with Crippen molar-refractivity contribution in [3.05, 3.63) is 34.4 Å².